The van der Waals surface area contributed by atoms with Crippen molar-refractivity contribution >= 4 is 15.9 Å². The molecule has 0 saturated carbocycles. The molecule has 3 nitrogen and oxygen atoms in total. The number of halogens is 1. The predicted molar refractivity (Wildman–Crippen MR) is 62.3 cm³/mol. The van der Waals surface area contributed by atoms with E-state index in [0.717, 1.165) is 15.7 Å². The number of rotatable bonds is 2. The van der Waals surface area contributed by atoms with Gasteiger partial charge in [0.25, 0.3) is 0 Å². The van der Waals surface area contributed by atoms with Crippen LogP contribution in [-0.4, -0.2) is 14.9 Å². The Hall–Kier alpha value is -1.13. The van der Waals surface area contributed by atoms with Crippen molar-refractivity contribution in [2.75, 3.05) is 0 Å². The molecule has 0 spiro atoms. The number of aryl methyl sites for hydroxylation is 1. The summed E-state index contributed by atoms with van der Waals surface area (Å²) >= 11 is 3.39. The van der Waals surface area contributed by atoms with Gasteiger partial charge in [-0.15, -0.1) is 0 Å². The molecule has 0 unspecified atom stereocenters. The second-order valence-electron chi connectivity index (χ2n) is 3.31. The maximum Gasteiger partial charge on any atom is 0.0885 e. The Morgan fingerprint density at radius 2 is 2.00 bits per heavy atom. The third-order valence-electron chi connectivity index (χ3n) is 2.23. The number of aliphatic hydroxyl groups excluding tert-OH is 1. The fraction of sp³-hybridized carbons (Fsp3) is 0.182. The van der Waals surface area contributed by atoms with E-state index in [4.69, 9.17) is 5.11 Å². The summed E-state index contributed by atoms with van der Waals surface area (Å²) < 4.78 is 2.82. The van der Waals surface area contributed by atoms with Crippen LogP contribution in [0.5, 0.6) is 0 Å². The third-order valence-corrected chi connectivity index (χ3v) is 2.76. The molecule has 0 fully saturated rings. The highest BCUT2D eigenvalue weighted by atomic mass is 79.9. The molecule has 2 aromatic rings. The summed E-state index contributed by atoms with van der Waals surface area (Å²) in [5, 5.41) is 13.2. The molecule has 15 heavy (non-hydrogen) atoms. The minimum Gasteiger partial charge on any atom is -0.390 e. The first kappa shape index (κ1) is 10.4. The summed E-state index contributed by atoms with van der Waals surface area (Å²) in [6.45, 7) is -0.0234. The zero-order valence-electron chi connectivity index (χ0n) is 8.31. The quantitative estimate of drug-likeness (QED) is 0.906. The molecule has 1 aromatic heterocycles. The van der Waals surface area contributed by atoms with Gasteiger partial charge in [-0.25, -0.2) is 0 Å². The summed E-state index contributed by atoms with van der Waals surface area (Å²) in [7, 11) is 1.87. The maximum atomic E-state index is 8.98. The number of hydrogen-bond acceptors (Lipinski definition) is 2. The molecule has 0 atom stereocenters. The Bertz CT molecular complexity index is 462. The number of aromatic nitrogens is 2. The van der Waals surface area contributed by atoms with Gasteiger partial charge in [0.2, 0.25) is 0 Å². The molecule has 0 bridgehead atoms. The Morgan fingerprint density at radius 3 is 2.53 bits per heavy atom. The first-order valence-electron chi connectivity index (χ1n) is 4.60. The average molecular weight is 267 g/mol. The van der Waals surface area contributed by atoms with E-state index < -0.39 is 0 Å². The molecule has 4 heteroatoms. The lowest BCUT2D eigenvalue weighted by molar-refractivity contribution is 0.275. The van der Waals surface area contributed by atoms with Crippen LogP contribution in [0.1, 0.15) is 5.69 Å². The van der Waals surface area contributed by atoms with Crippen molar-refractivity contribution in [2.24, 2.45) is 7.05 Å². The Labute approximate surface area is 96.5 Å². The molecule has 0 aliphatic heterocycles. The fourth-order valence-electron chi connectivity index (χ4n) is 1.49. The number of nitrogens with zero attached hydrogens (tertiary/aromatic N) is 2. The van der Waals surface area contributed by atoms with Crippen LogP contribution in [-0.2, 0) is 13.7 Å². The van der Waals surface area contributed by atoms with Gasteiger partial charge in [-0.1, -0.05) is 28.1 Å². The molecule has 0 radical (unpaired) electrons. The van der Waals surface area contributed by atoms with Gasteiger partial charge >= 0.3 is 0 Å². The van der Waals surface area contributed by atoms with Crippen LogP contribution in [0.4, 0.5) is 0 Å². The fourth-order valence-corrected chi connectivity index (χ4v) is 1.76. The molecule has 0 amide bonds. The molecule has 78 valence electrons. The third kappa shape index (κ3) is 2.11. The summed E-state index contributed by atoms with van der Waals surface area (Å²) in [5.74, 6) is 0. The van der Waals surface area contributed by atoms with E-state index >= 15 is 0 Å². The lowest BCUT2D eigenvalue weighted by atomic mass is 10.1. The Morgan fingerprint density at radius 1 is 1.33 bits per heavy atom. The minimum atomic E-state index is -0.0234. The molecule has 0 saturated heterocycles. The van der Waals surface area contributed by atoms with Gasteiger partial charge in [0.15, 0.2) is 0 Å². The van der Waals surface area contributed by atoms with Gasteiger partial charge in [-0.05, 0) is 23.8 Å². The van der Waals surface area contributed by atoms with E-state index in [-0.39, 0.29) is 6.61 Å². The highest BCUT2D eigenvalue weighted by molar-refractivity contribution is 9.10. The highest BCUT2D eigenvalue weighted by Gasteiger charge is 2.06. The van der Waals surface area contributed by atoms with Gasteiger partial charge in [-0.3, -0.25) is 4.68 Å². The molecule has 1 heterocycles. The van der Waals surface area contributed by atoms with Crippen molar-refractivity contribution in [1.29, 1.82) is 0 Å². The van der Waals surface area contributed by atoms with Gasteiger partial charge in [0.05, 0.1) is 18.0 Å². The van der Waals surface area contributed by atoms with Gasteiger partial charge < -0.3 is 5.11 Å². The highest BCUT2D eigenvalue weighted by Crippen LogP contribution is 2.22. The van der Waals surface area contributed by atoms with Crippen molar-refractivity contribution in [2.45, 2.75) is 6.61 Å². The van der Waals surface area contributed by atoms with E-state index in [2.05, 4.69) is 21.0 Å². The summed E-state index contributed by atoms with van der Waals surface area (Å²) in [5.41, 5.74) is 2.79. The first-order valence-corrected chi connectivity index (χ1v) is 5.39. The molecular weight excluding hydrogens is 256 g/mol. The number of aliphatic hydroxyl groups is 1. The second-order valence-corrected chi connectivity index (χ2v) is 4.23. The van der Waals surface area contributed by atoms with E-state index in [1.807, 2.05) is 37.4 Å². The van der Waals surface area contributed by atoms with Crippen LogP contribution < -0.4 is 0 Å². The van der Waals surface area contributed by atoms with Crippen LogP contribution in [0.15, 0.2) is 34.8 Å². The normalized spacial score (nSPS) is 10.6. The van der Waals surface area contributed by atoms with E-state index in [0.29, 0.717) is 5.69 Å². The lowest BCUT2D eigenvalue weighted by Crippen LogP contribution is -1.94. The van der Waals surface area contributed by atoms with Crippen molar-refractivity contribution in [3.63, 3.8) is 0 Å². The molecule has 2 rings (SSSR count). The SMILES string of the molecule is Cn1nc(CO)cc1-c1ccc(Br)cc1. The average Bonchev–Trinajstić information content (AvgIpc) is 2.61. The number of hydrogen-bond donors (Lipinski definition) is 1. The zero-order valence-corrected chi connectivity index (χ0v) is 9.90. The van der Waals surface area contributed by atoms with Crippen molar-refractivity contribution < 1.29 is 5.11 Å². The van der Waals surface area contributed by atoms with Crippen molar-refractivity contribution in [3.8, 4) is 11.3 Å². The summed E-state index contributed by atoms with van der Waals surface area (Å²) in [4.78, 5) is 0. The minimum absolute atomic E-state index is 0.0234. The van der Waals surface area contributed by atoms with Crippen LogP contribution in [0, 0.1) is 0 Å². The van der Waals surface area contributed by atoms with Crippen LogP contribution in [0.25, 0.3) is 11.3 Å². The maximum absolute atomic E-state index is 8.98. The van der Waals surface area contributed by atoms with E-state index in [1.165, 1.54) is 0 Å². The van der Waals surface area contributed by atoms with Gasteiger partial charge in [-0.2, -0.15) is 5.10 Å². The second kappa shape index (κ2) is 4.16. The van der Waals surface area contributed by atoms with Crippen LogP contribution in [0.2, 0.25) is 0 Å². The molecule has 0 aliphatic carbocycles. The smallest absolute Gasteiger partial charge is 0.0885 e. The standard InChI is InChI=1S/C11H11BrN2O/c1-14-11(6-10(7-15)13-14)8-2-4-9(12)5-3-8/h2-6,15H,7H2,1H3. The monoisotopic (exact) mass is 266 g/mol. The molecule has 1 aromatic carbocycles. The van der Waals surface area contributed by atoms with Gasteiger partial charge in [0.1, 0.15) is 0 Å². The molecule has 1 N–H and O–H groups in total. The van der Waals surface area contributed by atoms with Crippen LogP contribution >= 0.6 is 15.9 Å². The van der Waals surface area contributed by atoms with E-state index in [1.54, 1.807) is 4.68 Å². The Kier molecular flexibility index (Phi) is 2.88. The van der Waals surface area contributed by atoms with E-state index in [9.17, 15) is 0 Å². The number of benzene rings is 1. The van der Waals surface area contributed by atoms with Gasteiger partial charge in [0, 0.05) is 11.5 Å². The summed E-state index contributed by atoms with van der Waals surface area (Å²) in [6.07, 6.45) is 0. The summed E-state index contributed by atoms with van der Waals surface area (Å²) in [6, 6.07) is 9.90. The van der Waals surface area contributed by atoms with Crippen molar-refractivity contribution in [1.82, 2.24) is 9.78 Å². The predicted octanol–water partition coefficient (Wildman–Crippen LogP) is 2.34. The largest absolute Gasteiger partial charge is 0.390 e. The van der Waals surface area contributed by atoms with Crippen LogP contribution in [0.3, 0.4) is 0 Å². The van der Waals surface area contributed by atoms with Crippen molar-refractivity contribution in [3.05, 3.63) is 40.5 Å². The molecular formula is C11H11BrN2O. The Balaban J connectivity index is 2.44. The lowest BCUT2D eigenvalue weighted by Gasteiger charge is -2.01. The topological polar surface area (TPSA) is 38.0 Å². The first-order chi connectivity index (χ1) is 7.20. The molecule has 0 aliphatic rings. The zero-order chi connectivity index (χ0) is 10.8.